The molecule has 0 fully saturated rings. The number of ether oxygens (including phenoxy) is 3. The van der Waals surface area contributed by atoms with Gasteiger partial charge in [0.05, 0.1) is 6.61 Å². The Hall–Kier alpha value is -3.18. The average Bonchev–Trinajstić information content (AvgIpc) is 3.25. The van der Waals surface area contributed by atoms with Crippen LogP contribution in [0, 0.1) is 0 Å². The molecule has 0 aliphatic carbocycles. The Labute approximate surface area is 371 Å². The zero-order valence-electron chi connectivity index (χ0n) is 39.2. The highest BCUT2D eigenvalue weighted by Gasteiger charge is 2.17. The lowest BCUT2D eigenvalue weighted by Crippen LogP contribution is -2.30. The van der Waals surface area contributed by atoms with E-state index in [9.17, 15) is 9.59 Å². The number of rotatable bonds is 44. The number of esters is 2. The maximum atomic E-state index is 12.8. The maximum absolute atomic E-state index is 12.8. The number of hydrogen-bond donors (Lipinski definition) is 0. The standard InChI is InChI=1S/C55H92O5/c1-4-7-10-13-16-19-21-23-25-27-28-30-31-33-35-37-39-42-45-48-54(56)59-52-53(51-58-50-47-44-41-18-15-12-9-6-3)60-55(57)49-46-43-40-38-36-34-32-29-26-24-22-20-17-14-11-8-5-2/h7-8,10-11,16-17,19-20,23-26,28,30,33,35,53H,4-6,9,12-15,18,21-22,27,29,31-32,34,36-52H2,1-3H3/b10-7-,11-8-,19-16-,20-17-,25-23-,26-24-,30-28-,35-33-. The van der Waals surface area contributed by atoms with Crippen molar-refractivity contribution < 1.29 is 23.8 Å². The van der Waals surface area contributed by atoms with Gasteiger partial charge in [0, 0.05) is 19.4 Å². The third kappa shape index (κ3) is 47.5. The second-order valence-corrected chi connectivity index (χ2v) is 16.0. The molecule has 0 aliphatic rings. The van der Waals surface area contributed by atoms with E-state index in [0.29, 0.717) is 19.4 Å². The smallest absolute Gasteiger partial charge is 0.306 e. The SMILES string of the molecule is CC/C=C\C/C=C\C/C=C\C/C=C\C/C=C\CCCCCC(=O)OCC(COCCCCCCCCCC)OC(=O)CCCCCCCCC/C=C\C/C=C\C/C=C\CC. The fourth-order valence-corrected chi connectivity index (χ4v) is 6.49. The number of allylic oxidation sites excluding steroid dienone is 16. The van der Waals surface area contributed by atoms with Crippen molar-refractivity contribution >= 4 is 11.9 Å². The van der Waals surface area contributed by atoms with Crippen LogP contribution in [0.5, 0.6) is 0 Å². The summed E-state index contributed by atoms with van der Waals surface area (Å²) < 4.78 is 17.3. The second kappa shape index (κ2) is 50.2. The molecule has 5 nitrogen and oxygen atoms in total. The third-order valence-corrected chi connectivity index (χ3v) is 10.1. The average molecular weight is 833 g/mol. The molecule has 1 atom stereocenters. The van der Waals surface area contributed by atoms with Crippen molar-refractivity contribution in [3.8, 4) is 0 Å². The minimum Gasteiger partial charge on any atom is -0.462 e. The molecule has 1 unspecified atom stereocenters. The van der Waals surface area contributed by atoms with E-state index in [0.717, 1.165) is 116 Å². The molecule has 60 heavy (non-hydrogen) atoms. The van der Waals surface area contributed by atoms with Gasteiger partial charge in [0.1, 0.15) is 6.61 Å². The summed E-state index contributed by atoms with van der Waals surface area (Å²) in [5.74, 6) is -0.450. The highest BCUT2D eigenvalue weighted by atomic mass is 16.6. The van der Waals surface area contributed by atoms with E-state index in [1.165, 1.54) is 64.2 Å². The summed E-state index contributed by atoms with van der Waals surface area (Å²) in [5.41, 5.74) is 0. The van der Waals surface area contributed by atoms with Crippen LogP contribution in [-0.2, 0) is 23.8 Å². The van der Waals surface area contributed by atoms with Crippen LogP contribution >= 0.6 is 0 Å². The predicted octanol–water partition coefficient (Wildman–Crippen LogP) is 16.7. The molecule has 0 rings (SSSR count). The molecule has 0 saturated heterocycles. The van der Waals surface area contributed by atoms with Crippen molar-refractivity contribution in [1.82, 2.24) is 0 Å². The first-order valence-corrected chi connectivity index (χ1v) is 24.8. The summed E-state index contributed by atoms with van der Waals surface area (Å²) in [6.45, 7) is 7.54. The van der Waals surface area contributed by atoms with Gasteiger partial charge in [-0.05, 0) is 96.3 Å². The first kappa shape index (κ1) is 56.8. The Bertz CT molecular complexity index is 1170. The van der Waals surface area contributed by atoms with Crippen molar-refractivity contribution in [3.63, 3.8) is 0 Å². The minimum absolute atomic E-state index is 0.0601. The van der Waals surface area contributed by atoms with Crippen LogP contribution in [0.15, 0.2) is 97.2 Å². The summed E-state index contributed by atoms with van der Waals surface area (Å²) in [4.78, 5) is 25.3. The number of unbranched alkanes of at least 4 members (excludes halogenated alkanes) is 17. The fraction of sp³-hybridized carbons (Fsp3) is 0.673. The van der Waals surface area contributed by atoms with Gasteiger partial charge in [-0.2, -0.15) is 0 Å². The molecule has 0 aromatic heterocycles. The molecule has 0 saturated carbocycles. The number of carbonyl (C=O) groups excluding carboxylic acids is 2. The summed E-state index contributed by atoms with van der Waals surface area (Å²) in [6, 6.07) is 0. The predicted molar refractivity (Wildman–Crippen MR) is 260 cm³/mol. The van der Waals surface area contributed by atoms with Gasteiger partial charge in [-0.15, -0.1) is 0 Å². The molecule has 0 aromatic carbocycles. The summed E-state index contributed by atoms with van der Waals surface area (Å²) >= 11 is 0. The molecule has 0 amide bonds. The van der Waals surface area contributed by atoms with Gasteiger partial charge >= 0.3 is 11.9 Å². The summed E-state index contributed by atoms with van der Waals surface area (Å²) in [5, 5.41) is 0. The van der Waals surface area contributed by atoms with Crippen molar-refractivity contribution in [3.05, 3.63) is 97.2 Å². The van der Waals surface area contributed by atoms with Crippen LogP contribution in [0.1, 0.15) is 213 Å². The van der Waals surface area contributed by atoms with Crippen LogP contribution in [0.2, 0.25) is 0 Å². The van der Waals surface area contributed by atoms with E-state index in [4.69, 9.17) is 14.2 Å². The molecule has 0 radical (unpaired) electrons. The van der Waals surface area contributed by atoms with E-state index >= 15 is 0 Å². The van der Waals surface area contributed by atoms with Gasteiger partial charge < -0.3 is 14.2 Å². The zero-order valence-corrected chi connectivity index (χ0v) is 39.2. The van der Waals surface area contributed by atoms with Gasteiger partial charge in [0.25, 0.3) is 0 Å². The van der Waals surface area contributed by atoms with E-state index in [1.54, 1.807) is 0 Å². The molecular formula is C55H92O5. The normalized spacial score (nSPS) is 13.1. The van der Waals surface area contributed by atoms with Gasteiger partial charge in [-0.1, -0.05) is 201 Å². The molecule has 5 heteroatoms. The van der Waals surface area contributed by atoms with Gasteiger partial charge in [0.15, 0.2) is 6.10 Å². The summed E-state index contributed by atoms with van der Waals surface area (Å²) in [6.07, 6.45) is 67.0. The second-order valence-electron chi connectivity index (χ2n) is 16.0. The molecule has 0 spiro atoms. The molecule has 0 aliphatic heterocycles. The Morgan fingerprint density at radius 1 is 0.383 bits per heavy atom. The van der Waals surface area contributed by atoms with Crippen molar-refractivity contribution in [2.75, 3.05) is 19.8 Å². The van der Waals surface area contributed by atoms with Crippen LogP contribution < -0.4 is 0 Å². The molecule has 0 heterocycles. The lowest BCUT2D eigenvalue weighted by atomic mass is 10.1. The Balaban J connectivity index is 4.26. The largest absolute Gasteiger partial charge is 0.462 e. The monoisotopic (exact) mass is 833 g/mol. The molecular weight excluding hydrogens is 741 g/mol. The maximum Gasteiger partial charge on any atom is 0.306 e. The van der Waals surface area contributed by atoms with Gasteiger partial charge in [-0.3, -0.25) is 9.59 Å². The van der Waals surface area contributed by atoms with Crippen LogP contribution in [0.4, 0.5) is 0 Å². The Kier molecular flexibility index (Phi) is 47.5. The first-order chi connectivity index (χ1) is 29.6. The zero-order chi connectivity index (χ0) is 43.5. The highest BCUT2D eigenvalue weighted by molar-refractivity contribution is 5.70. The number of hydrogen-bond acceptors (Lipinski definition) is 5. The fourth-order valence-electron chi connectivity index (χ4n) is 6.49. The Morgan fingerprint density at radius 3 is 1.22 bits per heavy atom. The van der Waals surface area contributed by atoms with Gasteiger partial charge in [0.2, 0.25) is 0 Å². The van der Waals surface area contributed by atoms with E-state index in [1.807, 2.05) is 0 Å². The lowest BCUT2D eigenvalue weighted by Gasteiger charge is -2.18. The van der Waals surface area contributed by atoms with Crippen molar-refractivity contribution in [1.29, 1.82) is 0 Å². The van der Waals surface area contributed by atoms with Gasteiger partial charge in [-0.25, -0.2) is 0 Å². The van der Waals surface area contributed by atoms with E-state index < -0.39 is 6.10 Å². The minimum atomic E-state index is -0.557. The van der Waals surface area contributed by atoms with E-state index in [-0.39, 0.29) is 25.2 Å². The third-order valence-electron chi connectivity index (χ3n) is 10.1. The van der Waals surface area contributed by atoms with Crippen LogP contribution in [0.3, 0.4) is 0 Å². The van der Waals surface area contributed by atoms with E-state index in [2.05, 4.69) is 118 Å². The van der Waals surface area contributed by atoms with Crippen molar-refractivity contribution in [2.45, 2.75) is 219 Å². The molecule has 0 bridgehead atoms. The molecule has 342 valence electrons. The topological polar surface area (TPSA) is 61.8 Å². The van der Waals surface area contributed by atoms with Crippen LogP contribution in [0.25, 0.3) is 0 Å². The van der Waals surface area contributed by atoms with Crippen molar-refractivity contribution in [2.24, 2.45) is 0 Å². The summed E-state index contributed by atoms with van der Waals surface area (Å²) in [7, 11) is 0. The molecule has 0 N–H and O–H groups in total. The lowest BCUT2D eigenvalue weighted by molar-refractivity contribution is -0.163. The Morgan fingerprint density at radius 2 is 0.750 bits per heavy atom. The quantitative estimate of drug-likeness (QED) is 0.0348. The highest BCUT2D eigenvalue weighted by Crippen LogP contribution is 2.13. The first-order valence-electron chi connectivity index (χ1n) is 24.8. The number of carbonyl (C=O) groups is 2. The molecule has 0 aromatic rings. The van der Waals surface area contributed by atoms with Crippen LogP contribution in [-0.4, -0.2) is 37.9 Å².